The van der Waals surface area contributed by atoms with Crippen LogP contribution in [0, 0.1) is 5.41 Å². The predicted octanol–water partition coefficient (Wildman–Crippen LogP) is 4.14. The highest BCUT2D eigenvalue weighted by Crippen LogP contribution is 2.43. The number of sulfonamides is 1. The second-order valence-corrected chi connectivity index (χ2v) is 12.1. The SMILES string of the molecule is CC1(COc2c(C3CCN(S(C)(=O)=O)CC3)cnc3[nH]cc(-c4ccccc4)c23)CCNCC1. The number of fused-ring (bicyclic) bond motifs is 1. The minimum absolute atomic E-state index is 0.126. The first-order valence-electron chi connectivity index (χ1n) is 12.2. The number of aromatic amines is 1. The van der Waals surface area contributed by atoms with Crippen molar-refractivity contribution >= 4 is 21.1 Å². The van der Waals surface area contributed by atoms with Gasteiger partial charge < -0.3 is 15.0 Å². The molecular formula is C26H34N4O3S. The van der Waals surface area contributed by atoms with Gasteiger partial charge in [0.15, 0.2) is 0 Å². The first-order chi connectivity index (χ1) is 16.3. The Balaban J connectivity index is 1.54. The van der Waals surface area contributed by atoms with Crippen LogP contribution in [0.2, 0.25) is 0 Å². The van der Waals surface area contributed by atoms with Gasteiger partial charge in [-0.15, -0.1) is 0 Å². The van der Waals surface area contributed by atoms with Crippen molar-refractivity contribution in [3.8, 4) is 16.9 Å². The lowest BCUT2D eigenvalue weighted by Gasteiger charge is -2.35. The fourth-order valence-corrected chi connectivity index (χ4v) is 6.17. The van der Waals surface area contributed by atoms with Crippen molar-refractivity contribution in [1.29, 1.82) is 0 Å². The summed E-state index contributed by atoms with van der Waals surface area (Å²) < 4.78 is 32.4. The van der Waals surface area contributed by atoms with Gasteiger partial charge in [0.1, 0.15) is 11.4 Å². The zero-order valence-corrected chi connectivity index (χ0v) is 20.8. The van der Waals surface area contributed by atoms with Crippen LogP contribution in [0.15, 0.2) is 42.7 Å². The van der Waals surface area contributed by atoms with Crippen LogP contribution in [0.1, 0.15) is 44.1 Å². The predicted molar refractivity (Wildman–Crippen MR) is 136 cm³/mol. The molecular weight excluding hydrogens is 448 g/mol. The summed E-state index contributed by atoms with van der Waals surface area (Å²) in [7, 11) is -3.17. The zero-order chi connectivity index (χ0) is 23.8. The van der Waals surface area contributed by atoms with Crippen molar-refractivity contribution in [2.75, 3.05) is 39.0 Å². The van der Waals surface area contributed by atoms with E-state index >= 15 is 0 Å². The van der Waals surface area contributed by atoms with E-state index in [4.69, 9.17) is 9.72 Å². The zero-order valence-electron chi connectivity index (χ0n) is 20.0. The maximum atomic E-state index is 12.0. The van der Waals surface area contributed by atoms with E-state index in [9.17, 15) is 8.42 Å². The van der Waals surface area contributed by atoms with Gasteiger partial charge in [-0.25, -0.2) is 17.7 Å². The van der Waals surface area contributed by atoms with Gasteiger partial charge in [0, 0.05) is 42.0 Å². The number of rotatable bonds is 6. The smallest absolute Gasteiger partial charge is 0.211 e. The third-order valence-electron chi connectivity index (χ3n) is 7.50. The third kappa shape index (κ3) is 4.72. The van der Waals surface area contributed by atoms with Crippen LogP contribution in [0.4, 0.5) is 0 Å². The van der Waals surface area contributed by atoms with Crippen molar-refractivity contribution in [1.82, 2.24) is 19.6 Å². The van der Waals surface area contributed by atoms with Gasteiger partial charge in [0.2, 0.25) is 10.0 Å². The van der Waals surface area contributed by atoms with Crippen molar-refractivity contribution in [3.05, 3.63) is 48.3 Å². The van der Waals surface area contributed by atoms with E-state index in [0.29, 0.717) is 19.7 Å². The Labute approximate surface area is 202 Å². The summed E-state index contributed by atoms with van der Waals surface area (Å²) in [4.78, 5) is 8.11. The molecule has 1 aromatic carbocycles. The lowest BCUT2D eigenvalue weighted by molar-refractivity contribution is 0.123. The topological polar surface area (TPSA) is 87.3 Å². The number of aromatic nitrogens is 2. The van der Waals surface area contributed by atoms with E-state index in [2.05, 4.69) is 29.4 Å². The molecule has 0 bridgehead atoms. The summed E-state index contributed by atoms with van der Waals surface area (Å²) in [6.07, 6.45) is 8.95. The molecule has 2 aliphatic rings. The van der Waals surface area contributed by atoms with Gasteiger partial charge in [0.25, 0.3) is 0 Å². The first-order valence-corrected chi connectivity index (χ1v) is 14.0. The van der Waals surface area contributed by atoms with E-state index in [1.165, 1.54) is 6.26 Å². The molecule has 0 radical (unpaired) electrons. The highest BCUT2D eigenvalue weighted by atomic mass is 32.2. The lowest BCUT2D eigenvalue weighted by atomic mass is 9.82. The molecule has 4 heterocycles. The summed E-state index contributed by atoms with van der Waals surface area (Å²) in [6.45, 7) is 6.06. The van der Waals surface area contributed by atoms with Crippen LogP contribution in [0.3, 0.4) is 0 Å². The number of benzene rings is 1. The lowest BCUT2D eigenvalue weighted by Crippen LogP contribution is -2.39. The van der Waals surface area contributed by atoms with E-state index < -0.39 is 10.0 Å². The van der Waals surface area contributed by atoms with Crippen molar-refractivity contribution < 1.29 is 13.2 Å². The Morgan fingerprint density at radius 3 is 2.53 bits per heavy atom. The Hall–Kier alpha value is -2.42. The van der Waals surface area contributed by atoms with E-state index in [0.717, 1.165) is 72.2 Å². The molecule has 0 saturated carbocycles. The number of piperidine rings is 2. The van der Waals surface area contributed by atoms with Crippen molar-refractivity contribution in [2.45, 2.75) is 38.5 Å². The Morgan fingerprint density at radius 2 is 1.85 bits per heavy atom. The fourth-order valence-electron chi connectivity index (χ4n) is 5.29. The summed E-state index contributed by atoms with van der Waals surface area (Å²) in [6, 6.07) is 10.3. The second kappa shape index (κ2) is 9.32. The molecule has 0 spiro atoms. The van der Waals surface area contributed by atoms with Gasteiger partial charge in [0.05, 0.1) is 18.2 Å². The Bertz CT molecular complexity index is 1240. The molecule has 0 unspecified atom stereocenters. The number of nitrogens with zero attached hydrogens (tertiary/aromatic N) is 2. The van der Waals surface area contributed by atoms with Gasteiger partial charge in [-0.3, -0.25) is 0 Å². The molecule has 0 aliphatic carbocycles. The van der Waals surface area contributed by atoms with Crippen LogP contribution < -0.4 is 10.1 Å². The summed E-state index contributed by atoms with van der Waals surface area (Å²) in [5.74, 6) is 1.12. The molecule has 2 fully saturated rings. The van der Waals surface area contributed by atoms with E-state index in [1.54, 1.807) is 4.31 Å². The van der Waals surface area contributed by atoms with Crippen LogP contribution in [-0.4, -0.2) is 61.7 Å². The average Bonchev–Trinajstić information content (AvgIpc) is 3.28. The second-order valence-electron chi connectivity index (χ2n) is 10.1. The maximum absolute atomic E-state index is 12.0. The molecule has 2 saturated heterocycles. The largest absolute Gasteiger partial charge is 0.492 e. The highest BCUT2D eigenvalue weighted by molar-refractivity contribution is 7.88. The molecule has 34 heavy (non-hydrogen) atoms. The van der Waals surface area contributed by atoms with Crippen LogP contribution >= 0.6 is 0 Å². The highest BCUT2D eigenvalue weighted by Gasteiger charge is 2.32. The number of ether oxygens (including phenoxy) is 1. The quantitative estimate of drug-likeness (QED) is 0.551. The standard InChI is InChI=1S/C26H34N4O3S/c1-26(10-12-27-13-11-26)18-33-24-22(20-8-14-30(15-9-20)34(2,31)32)17-29-25-23(24)21(16-28-25)19-6-4-3-5-7-19/h3-7,16-17,20,27H,8-15,18H2,1-2H3,(H,28,29). The average molecular weight is 483 g/mol. The molecule has 2 N–H and O–H groups in total. The normalized spacial score (nSPS) is 19.9. The monoisotopic (exact) mass is 482 g/mol. The molecule has 3 aromatic rings. The minimum Gasteiger partial charge on any atom is -0.492 e. The number of hydrogen-bond donors (Lipinski definition) is 2. The molecule has 0 amide bonds. The van der Waals surface area contributed by atoms with Gasteiger partial charge in [-0.2, -0.15) is 0 Å². The molecule has 2 aromatic heterocycles. The van der Waals surface area contributed by atoms with Gasteiger partial charge in [-0.1, -0.05) is 37.3 Å². The number of nitrogens with one attached hydrogen (secondary N) is 2. The van der Waals surface area contributed by atoms with Crippen LogP contribution in [-0.2, 0) is 10.0 Å². The minimum atomic E-state index is -3.17. The number of pyridine rings is 1. The third-order valence-corrected chi connectivity index (χ3v) is 8.81. The number of H-pyrrole nitrogens is 1. The van der Waals surface area contributed by atoms with E-state index in [-0.39, 0.29) is 11.3 Å². The molecule has 0 atom stereocenters. The number of hydrogen-bond acceptors (Lipinski definition) is 5. The molecule has 182 valence electrons. The molecule has 5 rings (SSSR count). The summed E-state index contributed by atoms with van der Waals surface area (Å²) in [5, 5.41) is 4.47. The summed E-state index contributed by atoms with van der Waals surface area (Å²) in [5.41, 5.74) is 4.25. The van der Waals surface area contributed by atoms with E-state index in [1.807, 2.05) is 30.6 Å². The van der Waals surface area contributed by atoms with Gasteiger partial charge >= 0.3 is 0 Å². The molecule has 8 heteroatoms. The van der Waals surface area contributed by atoms with Crippen molar-refractivity contribution in [3.63, 3.8) is 0 Å². The summed E-state index contributed by atoms with van der Waals surface area (Å²) >= 11 is 0. The Morgan fingerprint density at radius 1 is 1.15 bits per heavy atom. The molecule has 2 aliphatic heterocycles. The maximum Gasteiger partial charge on any atom is 0.211 e. The van der Waals surface area contributed by atoms with Gasteiger partial charge in [-0.05, 0) is 50.3 Å². The fraction of sp³-hybridized carbons (Fsp3) is 0.500. The first kappa shape index (κ1) is 23.3. The van der Waals surface area contributed by atoms with Crippen LogP contribution in [0.5, 0.6) is 5.75 Å². The van der Waals surface area contributed by atoms with Crippen LogP contribution in [0.25, 0.3) is 22.2 Å². The molecule has 7 nitrogen and oxygen atoms in total. The Kier molecular flexibility index (Phi) is 6.39. The van der Waals surface area contributed by atoms with Crippen molar-refractivity contribution in [2.24, 2.45) is 5.41 Å².